The molecule has 3 N–H and O–H groups in total. The smallest absolute Gasteiger partial charge is 0.292 e. The van der Waals surface area contributed by atoms with E-state index in [1.54, 1.807) is 0 Å². The van der Waals surface area contributed by atoms with Crippen LogP contribution in [0.4, 0.5) is 13.2 Å². The summed E-state index contributed by atoms with van der Waals surface area (Å²) in [6, 6.07) is -0.919. The van der Waals surface area contributed by atoms with Gasteiger partial charge in [0.1, 0.15) is 6.04 Å². The molecule has 0 aliphatic rings. The van der Waals surface area contributed by atoms with Crippen molar-refractivity contribution in [2.24, 2.45) is 5.84 Å². The number of hydrogen-bond donors (Lipinski definition) is 2. The van der Waals surface area contributed by atoms with Crippen molar-refractivity contribution in [3.8, 4) is 0 Å². The van der Waals surface area contributed by atoms with E-state index < -0.39 is 23.8 Å². The third kappa shape index (κ3) is 2.53. The number of hydrazine groups is 1. The number of nitrogens with one attached hydrogen (secondary N) is 1. The molecule has 0 radical (unpaired) electrons. The van der Waals surface area contributed by atoms with Crippen LogP contribution in [0.5, 0.6) is 0 Å². The van der Waals surface area contributed by atoms with Gasteiger partial charge in [-0.2, -0.15) is 18.3 Å². The number of carbonyl (C=O) groups excluding carboxylic acids is 1. The minimum absolute atomic E-state index is 0.225. The Bertz CT molecular complexity index is 403. The molecule has 0 bridgehead atoms. The summed E-state index contributed by atoms with van der Waals surface area (Å²) < 4.78 is 37.8. The standard InChI is InChI=1S/C7H8BrF3N4O/c1-3(6(16)13-12)15-2-4(8)5(14-15)7(9,10)11/h2-3H,12H2,1H3,(H,13,16). The highest BCUT2D eigenvalue weighted by atomic mass is 79.9. The highest BCUT2D eigenvalue weighted by Crippen LogP contribution is 2.33. The summed E-state index contributed by atoms with van der Waals surface area (Å²) in [6.45, 7) is 1.38. The van der Waals surface area contributed by atoms with E-state index in [1.807, 2.05) is 5.43 Å². The molecule has 1 heterocycles. The van der Waals surface area contributed by atoms with Crippen LogP contribution >= 0.6 is 15.9 Å². The highest BCUT2D eigenvalue weighted by molar-refractivity contribution is 9.10. The van der Waals surface area contributed by atoms with Crippen LogP contribution in [0.1, 0.15) is 18.7 Å². The first-order chi connectivity index (χ1) is 7.27. The first kappa shape index (κ1) is 13.0. The molecule has 0 saturated carbocycles. The maximum atomic E-state index is 12.4. The number of nitrogens with zero attached hydrogens (tertiary/aromatic N) is 2. The summed E-state index contributed by atoms with van der Waals surface area (Å²) in [7, 11) is 0. The molecule has 9 heteroatoms. The monoisotopic (exact) mass is 300 g/mol. The van der Waals surface area contributed by atoms with Crippen molar-refractivity contribution < 1.29 is 18.0 Å². The Kier molecular flexibility index (Phi) is 3.58. The Morgan fingerprint density at radius 1 is 1.69 bits per heavy atom. The molecule has 1 rings (SSSR count). The van der Waals surface area contributed by atoms with E-state index in [9.17, 15) is 18.0 Å². The second-order valence-electron chi connectivity index (χ2n) is 2.99. The van der Waals surface area contributed by atoms with E-state index in [4.69, 9.17) is 5.84 Å². The van der Waals surface area contributed by atoms with Crippen molar-refractivity contribution in [3.05, 3.63) is 16.4 Å². The van der Waals surface area contributed by atoms with E-state index >= 15 is 0 Å². The molecule has 0 aliphatic carbocycles. The van der Waals surface area contributed by atoms with Crippen LogP contribution < -0.4 is 11.3 Å². The predicted octanol–water partition coefficient (Wildman–Crippen LogP) is 1.22. The summed E-state index contributed by atoms with van der Waals surface area (Å²) in [5.41, 5.74) is 0.755. The lowest BCUT2D eigenvalue weighted by Crippen LogP contribution is -2.36. The van der Waals surface area contributed by atoms with E-state index in [0.717, 1.165) is 10.9 Å². The van der Waals surface area contributed by atoms with Gasteiger partial charge in [-0.25, -0.2) is 5.84 Å². The van der Waals surface area contributed by atoms with Gasteiger partial charge < -0.3 is 0 Å². The number of rotatable bonds is 2. The molecule has 0 saturated heterocycles. The van der Waals surface area contributed by atoms with Crippen molar-refractivity contribution in [1.29, 1.82) is 0 Å². The van der Waals surface area contributed by atoms with Crippen molar-refractivity contribution in [2.75, 3.05) is 0 Å². The molecule has 16 heavy (non-hydrogen) atoms. The first-order valence-electron chi connectivity index (χ1n) is 4.09. The summed E-state index contributed by atoms with van der Waals surface area (Å²) >= 11 is 2.73. The molecule has 90 valence electrons. The lowest BCUT2D eigenvalue weighted by atomic mass is 10.3. The number of carbonyl (C=O) groups is 1. The number of aromatic nitrogens is 2. The largest absolute Gasteiger partial charge is 0.436 e. The lowest BCUT2D eigenvalue weighted by molar-refractivity contribution is -0.142. The maximum absolute atomic E-state index is 12.4. The number of halogens is 4. The number of alkyl halides is 3. The topological polar surface area (TPSA) is 72.9 Å². The Hall–Kier alpha value is -1.09. The zero-order chi connectivity index (χ0) is 12.5. The van der Waals surface area contributed by atoms with Gasteiger partial charge in [0.25, 0.3) is 5.91 Å². The maximum Gasteiger partial charge on any atom is 0.436 e. The fourth-order valence-electron chi connectivity index (χ4n) is 1.00. The van der Waals surface area contributed by atoms with Gasteiger partial charge >= 0.3 is 6.18 Å². The molecular formula is C7H8BrF3N4O. The van der Waals surface area contributed by atoms with Gasteiger partial charge in [-0.1, -0.05) is 0 Å². The SMILES string of the molecule is CC(C(=O)NN)n1cc(Br)c(C(F)(F)F)n1. The van der Waals surface area contributed by atoms with E-state index in [-0.39, 0.29) is 4.47 Å². The van der Waals surface area contributed by atoms with Crippen LogP contribution in [0.15, 0.2) is 10.7 Å². The molecule has 5 nitrogen and oxygen atoms in total. The minimum atomic E-state index is -4.57. The second kappa shape index (κ2) is 4.42. The zero-order valence-electron chi connectivity index (χ0n) is 8.05. The predicted molar refractivity (Wildman–Crippen MR) is 52.0 cm³/mol. The Morgan fingerprint density at radius 2 is 2.25 bits per heavy atom. The molecule has 0 aliphatic heterocycles. The van der Waals surface area contributed by atoms with E-state index in [0.29, 0.717) is 0 Å². The molecule has 0 fully saturated rings. The molecule has 0 spiro atoms. The summed E-state index contributed by atoms with van der Waals surface area (Å²) in [6.07, 6.45) is -3.49. The Balaban J connectivity index is 3.06. The van der Waals surface area contributed by atoms with Gasteiger partial charge in [0.05, 0.1) is 4.47 Å². The third-order valence-electron chi connectivity index (χ3n) is 1.87. The molecule has 1 aromatic rings. The molecule has 0 aromatic carbocycles. The quantitative estimate of drug-likeness (QED) is 0.490. The zero-order valence-corrected chi connectivity index (χ0v) is 9.63. The molecule has 1 atom stereocenters. The van der Waals surface area contributed by atoms with Crippen molar-refractivity contribution in [1.82, 2.24) is 15.2 Å². The van der Waals surface area contributed by atoms with Crippen molar-refractivity contribution >= 4 is 21.8 Å². The van der Waals surface area contributed by atoms with Gasteiger partial charge in [0, 0.05) is 6.20 Å². The fraction of sp³-hybridized carbons (Fsp3) is 0.429. The fourth-order valence-corrected chi connectivity index (χ4v) is 1.51. The lowest BCUT2D eigenvalue weighted by Gasteiger charge is -2.09. The van der Waals surface area contributed by atoms with Crippen LogP contribution in [0, 0.1) is 0 Å². The van der Waals surface area contributed by atoms with Crippen LogP contribution in [0.3, 0.4) is 0 Å². The Morgan fingerprint density at radius 3 is 2.62 bits per heavy atom. The summed E-state index contributed by atoms with van der Waals surface area (Å²) in [4.78, 5) is 11.1. The van der Waals surface area contributed by atoms with Crippen LogP contribution in [0.2, 0.25) is 0 Å². The number of hydrogen-bond acceptors (Lipinski definition) is 3. The van der Waals surface area contributed by atoms with Gasteiger partial charge in [0.15, 0.2) is 5.69 Å². The number of amides is 1. The average Bonchev–Trinajstić information content (AvgIpc) is 2.57. The summed E-state index contributed by atoms with van der Waals surface area (Å²) in [5, 5.41) is 3.28. The third-order valence-corrected chi connectivity index (χ3v) is 2.45. The van der Waals surface area contributed by atoms with Crippen LogP contribution in [0.25, 0.3) is 0 Å². The molecule has 1 unspecified atom stereocenters. The molecule has 1 amide bonds. The van der Waals surface area contributed by atoms with E-state index in [2.05, 4.69) is 21.0 Å². The molecular weight excluding hydrogens is 293 g/mol. The van der Waals surface area contributed by atoms with Gasteiger partial charge in [-0.3, -0.25) is 14.9 Å². The van der Waals surface area contributed by atoms with Gasteiger partial charge in [-0.15, -0.1) is 0 Å². The second-order valence-corrected chi connectivity index (χ2v) is 3.84. The highest BCUT2D eigenvalue weighted by Gasteiger charge is 2.37. The summed E-state index contributed by atoms with van der Waals surface area (Å²) in [5.74, 6) is 4.23. The molecule has 1 aromatic heterocycles. The van der Waals surface area contributed by atoms with Gasteiger partial charge in [-0.05, 0) is 22.9 Å². The average molecular weight is 301 g/mol. The first-order valence-corrected chi connectivity index (χ1v) is 4.89. The normalized spacial score (nSPS) is 13.6. The Labute approximate surface area is 96.9 Å². The van der Waals surface area contributed by atoms with E-state index in [1.165, 1.54) is 6.92 Å². The van der Waals surface area contributed by atoms with Crippen molar-refractivity contribution in [2.45, 2.75) is 19.1 Å². The minimum Gasteiger partial charge on any atom is -0.292 e. The van der Waals surface area contributed by atoms with Crippen molar-refractivity contribution in [3.63, 3.8) is 0 Å². The van der Waals surface area contributed by atoms with Gasteiger partial charge in [0.2, 0.25) is 0 Å². The van der Waals surface area contributed by atoms with Crippen LogP contribution in [-0.2, 0) is 11.0 Å². The van der Waals surface area contributed by atoms with Crippen LogP contribution in [-0.4, -0.2) is 15.7 Å². The number of nitrogens with two attached hydrogens (primary N) is 1.